The topological polar surface area (TPSA) is 59.9 Å². The molecular formula is C12H15N3. The van der Waals surface area contributed by atoms with Crippen LogP contribution in [0.25, 0.3) is 0 Å². The van der Waals surface area contributed by atoms with Gasteiger partial charge in [-0.25, -0.2) is 0 Å². The summed E-state index contributed by atoms with van der Waals surface area (Å²) in [4.78, 5) is 4.27. The van der Waals surface area contributed by atoms with Crippen molar-refractivity contribution in [3.63, 3.8) is 0 Å². The summed E-state index contributed by atoms with van der Waals surface area (Å²) in [6, 6.07) is 4.45. The Kier molecular flexibility index (Phi) is 3.27. The lowest BCUT2D eigenvalue weighted by Gasteiger charge is -2.29. The third-order valence-electron chi connectivity index (χ3n) is 2.85. The summed E-state index contributed by atoms with van der Waals surface area (Å²) in [5.41, 5.74) is 2.26. The van der Waals surface area contributed by atoms with Crippen LogP contribution in [0.2, 0.25) is 0 Å². The number of aliphatic imine (C=N–C) groups is 1. The fourth-order valence-electron chi connectivity index (χ4n) is 2.11. The number of allylic oxidation sites excluding steroid dienone is 2. The highest BCUT2D eigenvalue weighted by Gasteiger charge is 2.34. The van der Waals surface area contributed by atoms with Gasteiger partial charge in [0.2, 0.25) is 0 Å². The minimum atomic E-state index is -0.247. The van der Waals surface area contributed by atoms with Crippen molar-refractivity contribution in [2.75, 3.05) is 0 Å². The van der Waals surface area contributed by atoms with Gasteiger partial charge in [-0.1, -0.05) is 13.8 Å². The molecule has 1 heterocycles. The standard InChI is InChI=1S/C12H15N3/c1-7(2)12-10(5-13)8(3)15-9(4)11(12)6-14/h7,10,12H,1-4H3/t10?,12-/m0/s1. The predicted octanol–water partition coefficient (Wildman–Crippen LogP) is 2.67. The van der Waals surface area contributed by atoms with E-state index in [9.17, 15) is 0 Å². The quantitative estimate of drug-likeness (QED) is 0.654. The van der Waals surface area contributed by atoms with E-state index in [-0.39, 0.29) is 17.8 Å². The van der Waals surface area contributed by atoms with Crippen LogP contribution in [0.1, 0.15) is 27.7 Å². The molecule has 0 spiro atoms. The summed E-state index contributed by atoms with van der Waals surface area (Å²) in [5.74, 6) is 0.0329. The Hall–Kier alpha value is -1.61. The van der Waals surface area contributed by atoms with Gasteiger partial charge < -0.3 is 0 Å². The van der Waals surface area contributed by atoms with Crippen molar-refractivity contribution in [3.8, 4) is 12.1 Å². The van der Waals surface area contributed by atoms with Gasteiger partial charge in [0.25, 0.3) is 0 Å². The van der Waals surface area contributed by atoms with Crippen LogP contribution in [0.4, 0.5) is 0 Å². The van der Waals surface area contributed by atoms with E-state index in [1.807, 2.05) is 27.7 Å². The molecule has 3 nitrogen and oxygen atoms in total. The minimum absolute atomic E-state index is 0.00231. The van der Waals surface area contributed by atoms with E-state index < -0.39 is 0 Å². The summed E-state index contributed by atoms with van der Waals surface area (Å²) in [5, 5.41) is 18.2. The Balaban J connectivity index is 3.28. The molecule has 0 fully saturated rings. The first-order valence-corrected chi connectivity index (χ1v) is 5.08. The molecule has 0 N–H and O–H groups in total. The second-order valence-electron chi connectivity index (χ2n) is 4.24. The molecule has 0 saturated carbocycles. The monoisotopic (exact) mass is 201 g/mol. The molecule has 1 unspecified atom stereocenters. The van der Waals surface area contributed by atoms with E-state index in [1.165, 1.54) is 0 Å². The molecule has 0 amide bonds. The summed E-state index contributed by atoms with van der Waals surface area (Å²) >= 11 is 0. The fourth-order valence-corrected chi connectivity index (χ4v) is 2.11. The number of hydrogen-bond acceptors (Lipinski definition) is 3. The first-order valence-electron chi connectivity index (χ1n) is 5.08. The molecule has 2 atom stereocenters. The minimum Gasteiger partial charge on any atom is -0.260 e. The molecule has 15 heavy (non-hydrogen) atoms. The highest BCUT2D eigenvalue weighted by atomic mass is 14.8. The van der Waals surface area contributed by atoms with Gasteiger partial charge in [-0.15, -0.1) is 0 Å². The molecule has 78 valence electrons. The van der Waals surface area contributed by atoms with E-state index >= 15 is 0 Å². The Labute approximate surface area is 90.7 Å². The summed E-state index contributed by atoms with van der Waals surface area (Å²) in [7, 11) is 0. The highest BCUT2D eigenvalue weighted by molar-refractivity contribution is 5.89. The van der Waals surface area contributed by atoms with Crippen LogP contribution in [-0.4, -0.2) is 5.71 Å². The average Bonchev–Trinajstić information content (AvgIpc) is 2.16. The third kappa shape index (κ3) is 1.92. The fraction of sp³-hybridized carbons (Fsp3) is 0.583. The zero-order valence-corrected chi connectivity index (χ0v) is 9.57. The number of nitriles is 2. The van der Waals surface area contributed by atoms with Crippen molar-refractivity contribution in [3.05, 3.63) is 11.3 Å². The first kappa shape index (κ1) is 11.5. The molecule has 0 bridgehead atoms. The molecule has 0 aromatic rings. The van der Waals surface area contributed by atoms with Crippen LogP contribution < -0.4 is 0 Å². The summed E-state index contributed by atoms with van der Waals surface area (Å²) in [6.45, 7) is 7.78. The number of rotatable bonds is 1. The maximum absolute atomic E-state index is 9.12. The molecule has 1 rings (SSSR count). The molecule has 3 heteroatoms. The van der Waals surface area contributed by atoms with Crippen LogP contribution in [0.3, 0.4) is 0 Å². The van der Waals surface area contributed by atoms with E-state index in [1.54, 1.807) is 0 Å². The highest BCUT2D eigenvalue weighted by Crippen LogP contribution is 2.34. The Bertz CT molecular complexity index is 402. The largest absolute Gasteiger partial charge is 0.260 e. The third-order valence-corrected chi connectivity index (χ3v) is 2.85. The molecule has 0 saturated heterocycles. The van der Waals surface area contributed by atoms with Gasteiger partial charge in [-0.2, -0.15) is 10.5 Å². The molecular weight excluding hydrogens is 186 g/mol. The van der Waals surface area contributed by atoms with E-state index in [0.717, 1.165) is 11.4 Å². The maximum Gasteiger partial charge on any atom is 0.0969 e. The van der Waals surface area contributed by atoms with E-state index in [0.29, 0.717) is 5.57 Å². The molecule has 0 aromatic carbocycles. The normalized spacial score (nSPS) is 25.9. The van der Waals surface area contributed by atoms with Gasteiger partial charge in [0.15, 0.2) is 0 Å². The Morgan fingerprint density at radius 3 is 2.27 bits per heavy atom. The zero-order chi connectivity index (χ0) is 11.6. The van der Waals surface area contributed by atoms with Gasteiger partial charge in [-0.05, 0) is 19.8 Å². The van der Waals surface area contributed by atoms with Crippen molar-refractivity contribution < 1.29 is 0 Å². The van der Waals surface area contributed by atoms with Gasteiger partial charge in [0, 0.05) is 11.6 Å². The second kappa shape index (κ2) is 4.28. The molecule has 1 aliphatic rings. The Morgan fingerprint density at radius 2 is 1.87 bits per heavy atom. The lowest BCUT2D eigenvalue weighted by atomic mass is 9.75. The van der Waals surface area contributed by atoms with Crippen LogP contribution in [0.15, 0.2) is 16.3 Å². The van der Waals surface area contributed by atoms with E-state index in [2.05, 4.69) is 17.1 Å². The zero-order valence-electron chi connectivity index (χ0n) is 9.57. The number of hydrogen-bond donors (Lipinski definition) is 0. The van der Waals surface area contributed by atoms with Gasteiger partial charge >= 0.3 is 0 Å². The lowest BCUT2D eigenvalue weighted by Crippen LogP contribution is -2.29. The van der Waals surface area contributed by atoms with Crippen molar-refractivity contribution in [2.24, 2.45) is 22.7 Å². The Morgan fingerprint density at radius 1 is 1.27 bits per heavy atom. The van der Waals surface area contributed by atoms with Crippen LogP contribution in [0, 0.1) is 40.4 Å². The lowest BCUT2D eigenvalue weighted by molar-refractivity contribution is 0.408. The van der Waals surface area contributed by atoms with Gasteiger partial charge in [0.05, 0.1) is 29.3 Å². The molecule has 0 radical (unpaired) electrons. The predicted molar refractivity (Wildman–Crippen MR) is 58.9 cm³/mol. The van der Waals surface area contributed by atoms with E-state index in [4.69, 9.17) is 10.5 Å². The van der Waals surface area contributed by atoms with Crippen molar-refractivity contribution >= 4 is 5.71 Å². The van der Waals surface area contributed by atoms with Gasteiger partial charge in [0.1, 0.15) is 0 Å². The van der Waals surface area contributed by atoms with Crippen LogP contribution in [0.5, 0.6) is 0 Å². The molecule has 0 aromatic heterocycles. The van der Waals surface area contributed by atoms with Crippen molar-refractivity contribution in [1.82, 2.24) is 0 Å². The van der Waals surface area contributed by atoms with Crippen LogP contribution in [-0.2, 0) is 0 Å². The summed E-state index contributed by atoms with van der Waals surface area (Å²) < 4.78 is 0. The molecule has 0 aliphatic carbocycles. The molecule has 1 aliphatic heterocycles. The smallest absolute Gasteiger partial charge is 0.0969 e. The first-order chi connectivity index (χ1) is 7.02. The number of nitrogens with zero attached hydrogens (tertiary/aromatic N) is 3. The average molecular weight is 201 g/mol. The SMILES string of the molecule is CC1=NC(C)=C(C#N)[C@@H](C(C)C)C1C#N. The second-order valence-corrected chi connectivity index (χ2v) is 4.24. The maximum atomic E-state index is 9.12. The van der Waals surface area contributed by atoms with Crippen molar-refractivity contribution in [2.45, 2.75) is 27.7 Å². The van der Waals surface area contributed by atoms with Crippen LogP contribution >= 0.6 is 0 Å². The summed E-state index contributed by atoms with van der Waals surface area (Å²) in [6.07, 6.45) is 0. The van der Waals surface area contributed by atoms with Gasteiger partial charge in [-0.3, -0.25) is 4.99 Å². The van der Waals surface area contributed by atoms with Crippen molar-refractivity contribution in [1.29, 1.82) is 10.5 Å².